The van der Waals surface area contributed by atoms with E-state index in [1.165, 1.54) is 72.8 Å². The molecule has 9 nitrogen and oxygen atoms in total. The number of nitro benzene ring substituents is 1. The van der Waals surface area contributed by atoms with Gasteiger partial charge in [-0.1, -0.05) is 59.6 Å². The first-order valence-electron chi connectivity index (χ1n) is 9.21. The van der Waals surface area contributed by atoms with Gasteiger partial charge in [0.1, 0.15) is 0 Å². The summed E-state index contributed by atoms with van der Waals surface area (Å²) in [6, 6.07) is 16.4. The fourth-order valence-electron chi connectivity index (χ4n) is 3.24. The minimum Gasteiger partial charge on any atom is -0.323 e. The van der Waals surface area contributed by atoms with Gasteiger partial charge in [-0.25, -0.2) is 5.43 Å². The Balaban J connectivity index is 2.08. The minimum absolute atomic E-state index is 0.0226. The van der Waals surface area contributed by atoms with Crippen molar-refractivity contribution in [2.24, 2.45) is 5.10 Å². The molecule has 170 valence electrons. The molecule has 0 aliphatic carbocycles. The smallest absolute Gasteiger partial charge is 0.323 e. The van der Waals surface area contributed by atoms with E-state index in [1.807, 2.05) is 0 Å². The van der Waals surface area contributed by atoms with Crippen molar-refractivity contribution in [1.29, 1.82) is 0 Å². The Kier molecular flexibility index (Phi) is 7.31. The number of hydrogen-bond acceptors (Lipinski definition) is 5. The Morgan fingerprint density at radius 1 is 1.00 bits per heavy atom. The Labute approximate surface area is 198 Å². The molecule has 1 amide bonds. The molecule has 3 aromatic carbocycles. The monoisotopic (exact) mass is 507 g/mol. The van der Waals surface area contributed by atoms with E-state index in [-0.39, 0.29) is 16.8 Å². The first-order chi connectivity index (χ1) is 15.6. The molecule has 3 aromatic rings. The summed E-state index contributed by atoms with van der Waals surface area (Å²) in [7, 11) is -5.23. The van der Waals surface area contributed by atoms with Crippen molar-refractivity contribution in [3.8, 4) is 0 Å². The summed E-state index contributed by atoms with van der Waals surface area (Å²) >= 11 is 11.9. The molecule has 33 heavy (non-hydrogen) atoms. The van der Waals surface area contributed by atoms with Crippen LogP contribution >= 0.6 is 30.8 Å². The van der Waals surface area contributed by atoms with Crippen molar-refractivity contribution in [2.45, 2.75) is 5.16 Å². The molecule has 3 N–H and O–H groups in total. The van der Waals surface area contributed by atoms with E-state index in [4.69, 9.17) is 23.2 Å². The van der Waals surface area contributed by atoms with Crippen LogP contribution in [0.2, 0.25) is 10.0 Å². The lowest BCUT2D eigenvalue weighted by Gasteiger charge is -2.33. The molecule has 0 fully saturated rings. The van der Waals surface area contributed by atoms with E-state index in [1.54, 1.807) is 0 Å². The van der Waals surface area contributed by atoms with Crippen molar-refractivity contribution in [1.82, 2.24) is 5.43 Å². The fraction of sp³-hybridized carbons (Fsp3) is 0.0476. The topological polar surface area (TPSA) is 142 Å². The molecular formula is C21H16Cl2N3O6P. The highest BCUT2D eigenvalue weighted by molar-refractivity contribution is 7.54. The van der Waals surface area contributed by atoms with Crippen molar-refractivity contribution in [3.05, 3.63) is 110 Å². The zero-order valence-corrected chi connectivity index (χ0v) is 19.0. The Morgan fingerprint density at radius 2 is 1.52 bits per heavy atom. The average molecular weight is 508 g/mol. The van der Waals surface area contributed by atoms with Crippen LogP contribution in [0.15, 0.2) is 77.9 Å². The van der Waals surface area contributed by atoms with Crippen LogP contribution in [0.3, 0.4) is 0 Å². The van der Waals surface area contributed by atoms with E-state index in [0.717, 1.165) is 6.21 Å². The maximum Gasteiger partial charge on any atom is 0.350 e. The molecule has 12 heteroatoms. The maximum absolute atomic E-state index is 13.4. The van der Waals surface area contributed by atoms with E-state index in [0.29, 0.717) is 15.6 Å². The van der Waals surface area contributed by atoms with Crippen molar-refractivity contribution >= 4 is 48.6 Å². The zero-order chi connectivity index (χ0) is 24.2. The van der Waals surface area contributed by atoms with E-state index >= 15 is 0 Å². The number of hydrazone groups is 1. The highest BCUT2D eigenvalue weighted by Crippen LogP contribution is 2.61. The van der Waals surface area contributed by atoms with Crippen LogP contribution in [0.1, 0.15) is 16.7 Å². The Morgan fingerprint density at radius 3 is 1.97 bits per heavy atom. The Bertz CT molecular complexity index is 1210. The van der Waals surface area contributed by atoms with Gasteiger partial charge in [-0.2, -0.15) is 5.10 Å². The number of non-ortho nitro benzene ring substituents is 1. The molecule has 0 saturated carbocycles. The summed E-state index contributed by atoms with van der Waals surface area (Å²) in [5.74, 6) is -1.12. The molecule has 0 atom stereocenters. The lowest BCUT2D eigenvalue weighted by Crippen LogP contribution is -2.43. The maximum atomic E-state index is 13.4. The van der Waals surface area contributed by atoms with Gasteiger partial charge in [0.15, 0.2) is 0 Å². The number of amides is 1. The number of nitrogens with one attached hydrogen (secondary N) is 1. The normalized spacial score (nSPS) is 12.0. The largest absolute Gasteiger partial charge is 0.350 e. The van der Waals surface area contributed by atoms with E-state index in [9.17, 15) is 29.3 Å². The Hall–Kier alpha value is -3.07. The second kappa shape index (κ2) is 9.82. The van der Waals surface area contributed by atoms with Crippen molar-refractivity contribution < 1.29 is 24.1 Å². The lowest BCUT2D eigenvalue weighted by molar-refractivity contribution is -0.384. The fourth-order valence-corrected chi connectivity index (χ4v) is 4.78. The number of benzene rings is 3. The third kappa shape index (κ3) is 5.13. The predicted octanol–water partition coefficient (Wildman–Crippen LogP) is 4.47. The number of nitro groups is 1. The van der Waals surface area contributed by atoms with Gasteiger partial charge < -0.3 is 9.79 Å². The van der Waals surface area contributed by atoms with Gasteiger partial charge in [-0.3, -0.25) is 19.5 Å². The van der Waals surface area contributed by atoms with Gasteiger partial charge >= 0.3 is 7.60 Å². The highest BCUT2D eigenvalue weighted by Gasteiger charge is 2.56. The number of rotatable bonds is 7. The van der Waals surface area contributed by atoms with Gasteiger partial charge in [0, 0.05) is 27.7 Å². The first kappa shape index (κ1) is 24.6. The van der Waals surface area contributed by atoms with Gasteiger partial charge in [-0.05, 0) is 35.4 Å². The molecule has 0 spiro atoms. The zero-order valence-electron chi connectivity index (χ0n) is 16.6. The number of nitrogens with zero attached hydrogens (tertiary/aromatic N) is 2. The molecular weight excluding hydrogens is 492 g/mol. The van der Waals surface area contributed by atoms with Crippen LogP contribution in [0.25, 0.3) is 0 Å². The number of carbonyl (C=O) groups is 1. The van der Waals surface area contributed by atoms with Gasteiger partial charge in [0.05, 0.1) is 11.1 Å². The number of carbonyl (C=O) groups excluding carboxylic acids is 1. The van der Waals surface area contributed by atoms with Crippen LogP contribution in [0.4, 0.5) is 5.69 Å². The van der Waals surface area contributed by atoms with Crippen LogP contribution in [0, 0.1) is 10.1 Å². The molecule has 0 aliphatic rings. The quantitative estimate of drug-likeness (QED) is 0.186. The van der Waals surface area contributed by atoms with Gasteiger partial charge in [0.25, 0.3) is 11.6 Å². The summed E-state index contributed by atoms with van der Waals surface area (Å²) in [5, 5.41) is 12.8. The first-order valence-corrected chi connectivity index (χ1v) is 11.6. The molecule has 0 aliphatic heterocycles. The molecule has 3 rings (SSSR count). The summed E-state index contributed by atoms with van der Waals surface area (Å²) < 4.78 is 12.9. The summed E-state index contributed by atoms with van der Waals surface area (Å²) in [4.78, 5) is 44.5. The second-order valence-electron chi connectivity index (χ2n) is 6.82. The standard InChI is InChI=1S/C21H16Cl2N3O6P/c22-17-8-4-15(5-9-17)21(33(30,31)32,16-6-10-18(23)11-7-16)20(27)25-24-13-14-2-1-3-19(12-14)26(28)29/h1-13H,(H,25,27)(H2,30,31,32)/b24-13+. The van der Waals surface area contributed by atoms with E-state index in [2.05, 4.69) is 10.5 Å². The van der Waals surface area contributed by atoms with Crippen LogP contribution in [-0.2, 0) is 14.5 Å². The minimum atomic E-state index is -5.23. The van der Waals surface area contributed by atoms with E-state index < -0.39 is 23.6 Å². The van der Waals surface area contributed by atoms with Crippen molar-refractivity contribution in [2.75, 3.05) is 0 Å². The van der Waals surface area contributed by atoms with Crippen LogP contribution in [-0.4, -0.2) is 26.8 Å². The molecule has 0 aromatic heterocycles. The summed E-state index contributed by atoms with van der Waals surface area (Å²) in [5.41, 5.74) is 2.22. The summed E-state index contributed by atoms with van der Waals surface area (Å²) in [6.07, 6.45) is 1.12. The summed E-state index contributed by atoms with van der Waals surface area (Å²) in [6.45, 7) is 0. The predicted molar refractivity (Wildman–Crippen MR) is 125 cm³/mol. The average Bonchev–Trinajstić information content (AvgIpc) is 2.76. The van der Waals surface area contributed by atoms with Crippen LogP contribution in [0.5, 0.6) is 0 Å². The third-order valence-corrected chi connectivity index (χ3v) is 6.85. The lowest BCUT2D eigenvalue weighted by atomic mass is 9.89. The molecule has 0 bridgehead atoms. The van der Waals surface area contributed by atoms with Crippen molar-refractivity contribution in [3.63, 3.8) is 0 Å². The highest BCUT2D eigenvalue weighted by atomic mass is 35.5. The second-order valence-corrected chi connectivity index (χ2v) is 9.45. The molecule has 0 heterocycles. The van der Waals surface area contributed by atoms with Gasteiger partial charge in [-0.15, -0.1) is 0 Å². The molecule has 0 radical (unpaired) electrons. The van der Waals surface area contributed by atoms with Crippen LogP contribution < -0.4 is 5.43 Å². The molecule has 0 unspecified atom stereocenters. The van der Waals surface area contributed by atoms with Gasteiger partial charge in [0.2, 0.25) is 5.16 Å². The SMILES string of the molecule is O=C(N/N=C/c1cccc([N+](=O)[O-])c1)C(c1ccc(Cl)cc1)(c1ccc(Cl)cc1)P(=O)(O)O. The number of halogens is 2. The molecule has 0 saturated heterocycles. The number of hydrogen-bond donors (Lipinski definition) is 3. The third-order valence-electron chi connectivity index (χ3n) is 4.75.